The summed E-state index contributed by atoms with van der Waals surface area (Å²) in [7, 11) is 0. The van der Waals surface area contributed by atoms with Crippen LogP contribution in [-0.4, -0.2) is 44.6 Å². The van der Waals surface area contributed by atoms with E-state index >= 15 is 0 Å². The zero-order valence-corrected chi connectivity index (χ0v) is 15.5. The van der Waals surface area contributed by atoms with Crippen molar-refractivity contribution < 1.29 is 19.5 Å². The summed E-state index contributed by atoms with van der Waals surface area (Å²) in [4.78, 5) is 38.8. The summed E-state index contributed by atoms with van der Waals surface area (Å²) in [6, 6.07) is 5.68. The highest BCUT2D eigenvalue weighted by molar-refractivity contribution is 8.01. The summed E-state index contributed by atoms with van der Waals surface area (Å²) >= 11 is 1.56. The third-order valence-corrected chi connectivity index (χ3v) is 6.31. The van der Waals surface area contributed by atoms with E-state index in [1.165, 1.54) is 0 Å². The van der Waals surface area contributed by atoms with Crippen molar-refractivity contribution in [3.05, 3.63) is 35.4 Å². The minimum Gasteiger partial charge on any atom is -0.480 e. The van der Waals surface area contributed by atoms with Gasteiger partial charge in [-0.05, 0) is 31.4 Å². The number of rotatable bonds is 4. The fourth-order valence-electron chi connectivity index (χ4n) is 3.55. The molecule has 1 saturated heterocycles. The first-order valence-electron chi connectivity index (χ1n) is 8.27. The van der Waals surface area contributed by atoms with Gasteiger partial charge in [0.1, 0.15) is 17.5 Å². The molecule has 0 saturated carbocycles. The maximum absolute atomic E-state index is 12.9. The minimum atomic E-state index is -1.07. The van der Waals surface area contributed by atoms with E-state index < -0.39 is 28.7 Å². The van der Waals surface area contributed by atoms with Crippen molar-refractivity contribution in [1.82, 2.24) is 10.2 Å². The van der Waals surface area contributed by atoms with E-state index in [1.807, 2.05) is 32.0 Å². The number of carboxylic acid groups (broad SMARTS) is 1. The highest BCUT2D eigenvalue weighted by Gasteiger charge is 2.57. The Morgan fingerprint density at radius 2 is 1.92 bits per heavy atom. The lowest BCUT2D eigenvalue weighted by molar-refractivity contribution is -0.144. The molecule has 7 heteroatoms. The number of benzene rings is 1. The molecule has 2 aliphatic rings. The number of hydrogen-bond donors (Lipinski definition) is 2. The number of carboxylic acids is 1. The molecule has 0 spiro atoms. The average Bonchev–Trinajstić information content (AvgIpc) is 2.95. The predicted molar refractivity (Wildman–Crippen MR) is 95.2 cm³/mol. The number of nitrogens with one attached hydrogen (secondary N) is 1. The van der Waals surface area contributed by atoms with Crippen molar-refractivity contribution in [2.45, 2.75) is 49.9 Å². The van der Waals surface area contributed by atoms with Crippen LogP contribution in [0.25, 0.3) is 0 Å². The van der Waals surface area contributed by atoms with Gasteiger partial charge >= 0.3 is 5.97 Å². The molecular weight excluding hydrogens is 340 g/mol. The second kappa shape index (κ2) is 6.05. The standard InChI is InChI=1S/C18H22N2O4S/c1-9(2)12(17(23)24)19-14(21)13-18(3,4)25-16-11-8-6-5-7-10(11)15(22)20(13)16/h5-9,12-13,16H,1-4H3,(H,19,21)(H,23,24)/t12-,13-,16-/m1/s1. The first-order valence-corrected chi connectivity index (χ1v) is 9.15. The quantitative estimate of drug-likeness (QED) is 0.858. The molecule has 1 aromatic rings. The van der Waals surface area contributed by atoms with Gasteiger partial charge in [0.15, 0.2) is 0 Å². The Bertz CT molecular complexity index is 746. The number of thioether (sulfide) groups is 1. The van der Waals surface area contributed by atoms with Gasteiger partial charge in [-0.2, -0.15) is 0 Å². The summed E-state index contributed by atoms with van der Waals surface area (Å²) in [6.45, 7) is 7.32. The van der Waals surface area contributed by atoms with Crippen LogP contribution >= 0.6 is 11.8 Å². The maximum atomic E-state index is 12.9. The molecule has 0 radical (unpaired) electrons. The zero-order chi connectivity index (χ0) is 18.5. The van der Waals surface area contributed by atoms with Crippen LogP contribution in [0.2, 0.25) is 0 Å². The monoisotopic (exact) mass is 362 g/mol. The van der Waals surface area contributed by atoms with Crippen molar-refractivity contribution in [1.29, 1.82) is 0 Å². The van der Waals surface area contributed by atoms with Gasteiger partial charge in [0.25, 0.3) is 5.91 Å². The van der Waals surface area contributed by atoms with Crippen molar-refractivity contribution in [2.24, 2.45) is 5.92 Å². The molecule has 0 aliphatic carbocycles. The molecule has 0 bridgehead atoms. The van der Waals surface area contributed by atoms with Gasteiger partial charge in [-0.15, -0.1) is 11.8 Å². The van der Waals surface area contributed by atoms with E-state index in [0.717, 1.165) is 5.56 Å². The van der Waals surface area contributed by atoms with Crippen molar-refractivity contribution in [3.63, 3.8) is 0 Å². The van der Waals surface area contributed by atoms with E-state index in [4.69, 9.17) is 0 Å². The summed E-state index contributed by atoms with van der Waals surface area (Å²) in [5.41, 5.74) is 1.53. The Morgan fingerprint density at radius 3 is 2.52 bits per heavy atom. The molecule has 2 N–H and O–H groups in total. The van der Waals surface area contributed by atoms with Gasteiger partial charge < -0.3 is 15.3 Å². The van der Waals surface area contributed by atoms with E-state index in [1.54, 1.807) is 36.6 Å². The number of fused-ring (bicyclic) bond motifs is 3. The van der Waals surface area contributed by atoms with Crippen LogP contribution in [0.5, 0.6) is 0 Å². The molecule has 2 aliphatic heterocycles. The van der Waals surface area contributed by atoms with E-state index in [-0.39, 0.29) is 17.2 Å². The number of carbonyl (C=O) groups is 3. The molecule has 1 fully saturated rings. The highest BCUT2D eigenvalue weighted by Crippen LogP contribution is 2.56. The van der Waals surface area contributed by atoms with E-state index in [0.29, 0.717) is 5.56 Å². The molecule has 134 valence electrons. The van der Waals surface area contributed by atoms with Crippen LogP contribution in [-0.2, 0) is 9.59 Å². The van der Waals surface area contributed by atoms with Gasteiger partial charge in [-0.25, -0.2) is 4.79 Å². The van der Waals surface area contributed by atoms with Crippen LogP contribution in [0.1, 0.15) is 49.0 Å². The number of aliphatic carboxylic acids is 1. The average molecular weight is 362 g/mol. The van der Waals surface area contributed by atoms with Crippen molar-refractivity contribution in [2.75, 3.05) is 0 Å². The first kappa shape index (κ1) is 17.8. The molecule has 3 atom stereocenters. The molecule has 6 nitrogen and oxygen atoms in total. The third kappa shape index (κ3) is 2.80. The summed E-state index contributed by atoms with van der Waals surface area (Å²) in [6.07, 6.45) is 0. The van der Waals surface area contributed by atoms with Gasteiger partial charge in [0.2, 0.25) is 5.91 Å². The summed E-state index contributed by atoms with van der Waals surface area (Å²) in [5, 5.41) is 11.8. The van der Waals surface area contributed by atoms with Crippen LogP contribution in [0.15, 0.2) is 24.3 Å². The number of nitrogens with zero attached hydrogens (tertiary/aromatic N) is 1. The van der Waals surface area contributed by atoms with Gasteiger partial charge in [0, 0.05) is 10.3 Å². The Kier molecular flexibility index (Phi) is 4.31. The largest absolute Gasteiger partial charge is 0.480 e. The zero-order valence-electron chi connectivity index (χ0n) is 14.6. The number of amides is 2. The summed E-state index contributed by atoms with van der Waals surface area (Å²) in [5.74, 6) is -1.90. The van der Waals surface area contributed by atoms with E-state index in [2.05, 4.69) is 5.32 Å². The third-order valence-electron chi connectivity index (χ3n) is 4.78. The van der Waals surface area contributed by atoms with Crippen LogP contribution in [0.4, 0.5) is 0 Å². The Balaban J connectivity index is 1.93. The van der Waals surface area contributed by atoms with Crippen molar-refractivity contribution in [3.8, 4) is 0 Å². The molecular formula is C18H22N2O4S. The SMILES string of the molecule is CC(C)[C@@H](NC(=O)[C@H]1N2C(=O)c3ccccc3[C@H]2SC1(C)C)C(=O)O. The Labute approximate surface area is 151 Å². The fraction of sp³-hybridized carbons (Fsp3) is 0.500. The van der Waals surface area contributed by atoms with Crippen LogP contribution < -0.4 is 5.32 Å². The van der Waals surface area contributed by atoms with Crippen LogP contribution in [0.3, 0.4) is 0 Å². The second-order valence-corrected chi connectivity index (χ2v) is 9.08. The van der Waals surface area contributed by atoms with Crippen molar-refractivity contribution >= 4 is 29.5 Å². The highest BCUT2D eigenvalue weighted by atomic mass is 32.2. The van der Waals surface area contributed by atoms with E-state index in [9.17, 15) is 19.5 Å². The predicted octanol–water partition coefficient (Wildman–Crippen LogP) is 2.26. The lowest BCUT2D eigenvalue weighted by Crippen LogP contribution is -2.56. The molecule has 0 aromatic heterocycles. The normalized spacial score (nSPS) is 24.8. The van der Waals surface area contributed by atoms with Gasteiger partial charge in [0.05, 0.1) is 0 Å². The van der Waals surface area contributed by atoms with Crippen LogP contribution in [0, 0.1) is 5.92 Å². The minimum absolute atomic E-state index is 0.171. The fourth-order valence-corrected chi connectivity index (χ4v) is 5.14. The molecule has 25 heavy (non-hydrogen) atoms. The first-order chi connectivity index (χ1) is 11.6. The second-order valence-electron chi connectivity index (χ2n) is 7.34. The van der Waals surface area contributed by atoms with Gasteiger partial charge in [-0.1, -0.05) is 32.0 Å². The summed E-state index contributed by atoms with van der Waals surface area (Å²) < 4.78 is -0.516. The molecule has 0 unspecified atom stereocenters. The number of carbonyl (C=O) groups excluding carboxylic acids is 2. The maximum Gasteiger partial charge on any atom is 0.326 e. The number of hydrogen-bond acceptors (Lipinski definition) is 4. The lowest BCUT2D eigenvalue weighted by atomic mass is 9.98. The lowest BCUT2D eigenvalue weighted by Gasteiger charge is -2.31. The molecule has 2 amide bonds. The van der Waals surface area contributed by atoms with Gasteiger partial charge in [-0.3, -0.25) is 9.59 Å². The molecule has 1 aromatic carbocycles. The molecule has 3 rings (SSSR count). The molecule has 2 heterocycles. The Morgan fingerprint density at radius 1 is 1.28 bits per heavy atom. The Hall–Kier alpha value is -2.02. The topological polar surface area (TPSA) is 86.7 Å². The smallest absolute Gasteiger partial charge is 0.326 e.